The molecule has 0 fully saturated rings. The molecule has 2 rings (SSSR count). The normalized spacial score (nSPS) is 10.5. The Bertz CT molecular complexity index is 588. The first-order chi connectivity index (χ1) is 9.06. The summed E-state index contributed by atoms with van der Waals surface area (Å²) in [5.74, 6) is 0.461. The Morgan fingerprint density at radius 2 is 2.05 bits per heavy atom. The van der Waals surface area contributed by atoms with Gasteiger partial charge in [-0.2, -0.15) is 0 Å². The fourth-order valence-corrected chi connectivity index (χ4v) is 1.98. The molecular formula is C15H18N2O2. The number of hydrogen-bond acceptors (Lipinski definition) is 3. The highest BCUT2D eigenvalue weighted by atomic mass is 16.5. The fraction of sp³-hybridized carbons (Fsp3) is 0.333. The molecule has 19 heavy (non-hydrogen) atoms. The van der Waals surface area contributed by atoms with Crippen LogP contribution < -0.4 is 5.32 Å². The van der Waals surface area contributed by atoms with Gasteiger partial charge in [-0.15, -0.1) is 0 Å². The average molecular weight is 258 g/mol. The zero-order chi connectivity index (χ0) is 13.8. The van der Waals surface area contributed by atoms with Gasteiger partial charge in [-0.25, -0.2) is 0 Å². The van der Waals surface area contributed by atoms with E-state index >= 15 is 0 Å². The first-order valence-corrected chi connectivity index (χ1v) is 6.33. The van der Waals surface area contributed by atoms with E-state index in [2.05, 4.69) is 42.5 Å². The number of carbonyl (C=O) groups is 1. The van der Waals surface area contributed by atoms with E-state index in [-0.39, 0.29) is 5.91 Å². The summed E-state index contributed by atoms with van der Waals surface area (Å²) in [6, 6.07) is 6.29. The number of aromatic nitrogens is 1. The molecule has 0 saturated heterocycles. The molecule has 0 atom stereocenters. The van der Waals surface area contributed by atoms with Crippen LogP contribution in [0.5, 0.6) is 0 Å². The minimum atomic E-state index is -0.0445. The third-order valence-electron chi connectivity index (χ3n) is 3.12. The zero-order valence-corrected chi connectivity index (χ0v) is 11.5. The van der Waals surface area contributed by atoms with E-state index in [1.165, 1.54) is 23.0 Å². The second-order valence-electron chi connectivity index (χ2n) is 4.82. The van der Waals surface area contributed by atoms with E-state index in [4.69, 9.17) is 4.52 Å². The van der Waals surface area contributed by atoms with Crippen LogP contribution in [-0.2, 0) is 11.2 Å². The highest BCUT2D eigenvalue weighted by molar-refractivity contribution is 5.90. The number of amides is 1. The summed E-state index contributed by atoms with van der Waals surface area (Å²) in [6.45, 7) is 5.98. The maximum absolute atomic E-state index is 11.8. The Kier molecular flexibility index (Phi) is 4.00. The molecule has 1 N–H and O–H groups in total. The molecule has 0 aliphatic heterocycles. The van der Waals surface area contributed by atoms with Gasteiger partial charge < -0.3 is 9.84 Å². The van der Waals surface area contributed by atoms with Gasteiger partial charge >= 0.3 is 0 Å². The van der Waals surface area contributed by atoms with Gasteiger partial charge in [0.05, 0.1) is 0 Å². The SMILES string of the molecule is Cc1ccc(CCC(=O)Nc2nocc2C)c(C)c1. The predicted octanol–water partition coefficient (Wildman–Crippen LogP) is 3.17. The lowest BCUT2D eigenvalue weighted by atomic mass is 10.0. The summed E-state index contributed by atoms with van der Waals surface area (Å²) in [6.07, 6.45) is 2.69. The molecule has 0 bridgehead atoms. The Hall–Kier alpha value is -2.10. The van der Waals surface area contributed by atoms with E-state index < -0.39 is 0 Å². The van der Waals surface area contributed by atoms with Gasteiger partial charge in [-0.3, -0.25) is 4.79 Å². The number of anilines is 1. The third-order valence-corrected chi connectivity index (χ3v) is 3.12. The molecule has 100 valence electrons. The lowest BCUT2D eigenvalue weighted by molar-refractivity contribution is -0.116. The largest absolute Gasteiger partial charge is 0.362 e. The lowest BCUT2D eigenvalue weighted by Crippen LogP contribution is -2.13. The van der Waals surface area contributed by atoms with Crippen molar-refractivity contribution in [3.05, 3.63) is 46.7 Å². The Morgan fingerprint density at radius 3 is 2.68 bits per heavy atom. The molecule has 1 heterocycles. The van der Waals surface area contributed by atoms with Crippen LogP contribution in [-0.4, -0.2) is 11.1 Å². The Labute approximate surface area is 112 Å². The standard InChI is InChI=1S/C15H18N2O2/c1-10-4-5-13(11(2)8-10)6-7-14(18)16-15-12(3)9-19-17-15/h4-5,8-9H,6-7H2,1-3H3,(H,16,17,18). The molecule has 1 aromatic carbocycles. The van der Waals surface area contributed by atoms with E-state index in [9.17, 15) is 4.79 Å². The van der Waals surface area contributed by atoms with E-state index in [1.54, 1.807) is 0 Å². The smallest absolute Gasteiger partial charge is 0.225 e. The molecule has 0 spiro atoms. The van der Waals surface area contributed by atoms with Gasteiger partial charge in [-0.1, -0.05) is 28.9 Å². The van der Waals surface area contributed by atoms with Gasteiger partial charge in [0.1, 0.15) is 6.26 Å². The minimum Gasteiger partial charge on any atom is -0.362 e. The maximum Gasteiger partial charge on any atom is 0.225 e. The second kappa shape index (κ2) is 5.69. The molecular weight excluding hydrogens is 240 g/mol. The van der Waals surface area contributed by atoms with Crippen LogP contribution in [0.1, 0.15) is 28.7 Å². The summed E-state index contributed by atoms with van der Waals surface area (Å²) in [4.78, 5) is 11.8. The number of hydrogen-bond donors (Lipinski definition) is 1. The number of nitrogens with one attached hydrogen (secondary N) is 1. The minimum absolute atomic E-state index is 0.0445. The van der Waals surface area contributed by atoms with Crippen molar-refractivity contribution in [1.29, 1.82) is 0 Å². The summed E-state index contributed by atoms with van der Waals surface area (Å²) in [5, 5.41) is 6.48. The van der Waals surface area contributed by atoms with Crippen molar-refractivity contribution in [3.8, 4) is 0 Å². The topological polar surface area (TPSA) is 55.1 Å². The van der Waals surface area contributed by atoms with Crippen LogP contribution in [0.15, 0.2) is 29.0 Å². The molecule has 1 aromatic heterocycles. The molecule has 0 unspecified atom stereocenters. The van der Waals surface area contributed by atoms with E-state index in [0.29, 0.717) is 12.2 Å². The molecule has 0 saturated carbocycles. The maximum atomic E-state index is 11.8. The Balaban J connectivity index is 1.92. The summed E-state index contributed by atoms with van der Waals surface area (Å²) in [7, 11) is 0. The van der Waals surface area contributed by atoms with E-state index in [0.717, 1.165) is 12.0 Å². The molecule has 2 aromatic rings. The molecule has 0 aliphatic rings. The number of aryl methyl sites for hydroxylation is 4. The number of carbonyl (C=O) groups excluding carboxylic acids is 1. The van der Waals surface area contributed by atoms with Crippen LogP contribution >= 0.6 is 0 Å². The van der Waals surface area contributed by atoms with Crippen molar-refractivity contribution in [2.75, 3.05) is 5.32 Å². The Morgan fingerprint density at radius 1 is 1.26 bits per heavy atom. The lowest BCUT2D eigenvalue weighted by Gasteiger charge is -2.07. The third kappa shape index (κ3) is 3.44. The molecule has 0 radical (unpaired) electrons. The number of rotatable bonds is 4. The van der Waals surface area contributed by atoms with Crippen LogP contribution in [0, 0.1) is 20.8 Å². The van der Waals surface area contributed by atoms with Crippen molar-refractivity contribution in [2.45, 2.75) is 33.6 Å². The monoisotopic (exact) mass is 258 g/mol. The quantitative estimate of drug-likeness (QED) is 0.916. The van der Waals surface area contributed by atoms with Crippen molar-refractivity contribution >= 4 is 11.7 Å². The van der Waals surface area contributed by atoms with Crippen LogP contribution in [0.3, 0.4) is 0 Å². The first-order valence-electron chi connectivity index (χ1n) is 6.33. The van der Waals surface area contributed by atoms with Crippen LogP contribution in [0.2, 0.25) is 0 Å². The molecule has 4 heteroatoms. The van der Waals surface area contributed by atoms with Crippen LogP contribution in [0.25, 0.3) is 0 Å². The summed E-state index contributed by atoms with van der Waals surface area (Å²) >= 11 is 0. The van der Waals surface area contributed by atoms with Crippen molar-refractivity contribution in [1.82, 2.24) is 5.16 Å². The fourth-order valence-electron chi connectivity index (χ4n) is 1.98. The predicted molar refractivity (Wildman–Crippen MR) is 74.1 cm³/mol. The molecule has 4 nitrogen and oxygen atoms in total. The second-order valence-corrected chi connectivity index (χ2v) is 4.82. The summed E-state index contributed by atoms with van der Waals surface area (Å²) in [5.41, 5.74) is 4.51. The highest BCUT2D eigenvalue weighted by Gasteiger charge is 2.09. The number of benzene rings is 1. The van der Waals surface area contributed by atoms with Crippen LogP contribution in [0.4, 0.5) is 5.82 Å². The zero-order valence-electron chi connectivity index (χ0n) is 11.5. The highest BCUT2D eigenvalue weighted by Crippen LogP contribution is 2.14. The van der Waals surface area contributed by atoms with Crippen molar-refractivity contribution < 1.29 is 9.32 Å². The van der Waals surface area contributed by atoms with Crippen molar-refractivity contribution in [2.24, 2.45) is 0 Å². The first kappa shape index (κ1) is 13.3. The summed E-state index contributed by atoms with van der Waals surface area (Å²) < 4.78 is 4.78. The molecule has 0 aliphatic carbocycles. The van der Waals surface area contributed by atoms with Gasteiger partial charge in [-0.05, 0) is 38.3 Å². The van der Waals surface area contributed by atoms with Gasteiger partial charge in [0, 0.05) is 12.0 Å². The molecule has 1 amide bonds. The van der Waals surface area contributed by atoms with Gasteiger partial charge in [0.2, 0.25) is 5.91 Å². The van der Waals surface area contributed by atoms with Gasteiger partial charge in [0.15, 0.2) is 5.82 Å². The van der Waals surface area contributed by atoms with E-state index in [1.807, 2.05) is 6.92 Å². The number of nitrogens with zero attached hydrogens (tertiary/aromatic N) is 1. The van der Waals surface area contributed by atoms with Gasteiger partial charge in [0.25, 0.3) is 0 Å². The average Bonchev–Trinajstić information content (AvgIpc) is 2.74. The van der Waals surface area contributed by atoms with Crippen molar-refractivity contribution in [3.63, 3.8) is 0 Å².